The number of nitrogens with one attached hydrogen (secondary N) is 2. The lowest BCUT2D eigenvalue weighted by atomic mass is 10.1. The van der Waals surface area contributed by atoms with Crippen LogP contribution in [0.3, 0.4) is 0 Å². The highest BCUT2D eigenvalue weighted by Gasteiger charge is 2.17. The van der Waals surface area contributed by atoms with Crippen LogP contribution in [0.5, 0.6) is 0 Å². The van der Waals surface area contributed by atoms with E-state index in [0.717, 1.165) is 50.1 Å². The van der Waals surface area contributed by atoms with Gasteiger partial charge in [0.05, 0.1) is 6.54 Å². The minimum Gasteiger partial charge on any atom is -0.356 e. The molecule has 1 aromatic carbocycles. The van der Waals surface area contributed by atoms with Gasteiger partial charge in [0.1, 0.15) is 5.82 Å². The molecule has 1 aliphatic rings. The van der Waals surface area contributed by atoms with Crippen molar-refractivity contribution in [3.63, 3.8) is 0 Å². The van der Waals surface area contributed by atoms with Crippen molar-refractivity contribution >= 4 is 5.96 Å². The molecule has 1 aliphatic heterocycles. The third-order valence-corrected chi connectivity index (χ3v) is 5.21. The predicted molar refractivity (Wildman–Crippen MR) is 109 cm³/mol. The van der Waals surface area contributed by atoms with Crippen LogP contribution in [0.2, 0.25) is 0 Å². The zero-order chi connectivity index (χ0) is 19.1. The smallest absolute Gasteiger partial charge is 0.191 e. The van der Waals surface area contributed by atoms with E-state index < -0.39 is 0 Å². The van der Waals surface area contributed by atoms with Gasteiger partial charge in [-0.3, -0.25) is 9.89 Å². The first-order valence-electron chi connectivity index (χ1n) is 9.77. The Morgan fingerprint density at radius 2 is 2.07 bits per heavy atom. The van der Waals surface area contributed by atoms with Gasteiger partial charge in [0, 0.05) is 39.1 Å². The molecule has 0 bridgehead atoms. The molecule has 0 saturated heterocycles. The number of hydrogen-bond acceptors (Lipinski definition) is 4. The molecular formula is C20H31N7. The van der Waals surface area contributed by atoms with Crippen LogP contribution in [0.1, 0.15) is 37.0 Å². The third-order valence-electron chi connectivity index (χ3n) is 5.21. The summed E-state index contributed by atoms with van der Waals surface area (Å²) in [6.45, 7) is 5.78. The maximum Gasteiger partial charge on any atom is 0.191 e. The van der Waals surface area contributed by atoms with Gasteiger partial charge in [0.25, 0.3) is 0 Å². The van der Waals surface area contributed by atoms with Crippen molar-refractivity contribution in [2.75, 3.05) is 20.6 Å². The first-order valence-corrected chi connectivity index (χ1v) is 9.77. The Morgan fingerprint density at radius 3 is 2.85 bits per heavy atom. The lowest BCUT2D eigenvalue weighted by molar-refractivity contribution is 0.238. The van der Waals surface area contributed by atoms with Crippen molar-refractivity contribution in [3.8, 4) is 0 Å². The molecule has 0 radical (unpaired) electrons. The van der Waals surface area contributed by atoms with Crippen LogP contribution in [0.25, 0.3) is 0 Å². The molecule has 0 spiro atoms. The standard InChI is InChI=1S/C20H31N7/c1-16(26(3)15-17-8-5-4-6-9-17)11-12-22-20(21-2)23-14-19-25-24-18-10-7-13-27(18)19/h4-6,8-9,16H,7,10-15H2,1-3H3,(H2,21,22,23). The quantitative estimate of drug-likeness (QED) is 0.548. The fourth-order valence-electron chi connectivity index (χ4n) is 3.37. The molecule has 0 aliphatic carbocycles. The number of guanidine groups is 1. The Hall–Kier alpha value is -2.41. The Morgan fingerprint density at radius 1 is 1.26 bits per heavy atom. The first kappa shape index (κ1) is 19.4. The highest BCUT2D eigenvalue weighted by atomic mass is 15.3. The van der Waals surface area contributed by atoms with Crippen molar-refractivity contribution < 1.29 is 0 Å². The summed E-state index contributed by atoms with van der Waals surface area (Å²) in [7, 11) is 3.98. The number of rotatable bonds is 8. The fraction of sp³-hybridized carbons (Fsp3) is 0.550. The number of aliphatic imine (C=N–C) groups is 1. The van der Waals surface area contributed by atoms with Gasteiger partial charge in [-0.2, -0.15) is 0 Å². The number of nitrogens with zero attached hydrogens (tertiary/aromatic N) is 5. The molecule has 7 nitrogen and oxygen atoms in total. The lowest BCUT2D eigenvalue weighted by Gasteiger charge is -2.25. The van der Waals surface area contributed by atoms with E-state index in [4.69, 9.17) is 0 Å². The molecule has 7 heteroatoms. The molecule has 2 heterocycles. The minimum absolute atomic E-state index is 0.482. The summed E-state index contributed by atoms with van der Waals surface area (Å²) in [5, 5.41) is 15.3. The second kappa shape index (κ2) is 9.50. The van der Waals surface area contributed by atoms with Gasteiger partial charge >= 0.3 is 0 Å². The third kappa shape index (κ3) is 5.29. The van der Waals surface area contributed by atoms with E-state index in [-0.39, 0.29) is 0 Å². The lowest BCUT2D eigenvalue weighted by Crippen LogP contribution is -2.40. The van der Waals surface area contributed by atoms with Gasteiger partial charge in [-0.15, -0.1) is 10.2 Å². The molecule has 1 aromatic heterocycles. The molecule has 27 heavy (non-hydrogen) atoms. The fourth-order valence-corrected chi connectivity index (χ4v) is 3.37. The van der Waals surface area contributed by atoms with E-state index >= 15 is 0 Å². The van der Waals surface area contributed by atoms with Crippen LogP contribution in [0, 0.1) is 0 Å². The van der Waals surface area contributed by atoms with Crippen LogP contribution < -0.4 is 10.6 Å². The van der Waals surface area contributed by atoms with Gasteiger partial charge in [-0.05, 0) is 32.4 Å². The largest absolute Gasteiger partial charge is 0.356 e. The van der Waals surface area contributed by atoms with Crippen molar-refractivity contribution in [2.45, 2.75) is 51.9 Å². The summed E-state index contributed by atoms with van der Waals surface area (Å²) >= 11 is 0. The number of aryl methyl sites for hydroxylation is 1. The molecule has 1 unspecified atom stereocenters. The van der Waals surface area contributed by atoms with E-state index in [9.17, 15) is 0 Å². The highest BCUT2D eigenvalue weighted by molar-refractivity contribution is 5.79. The Kier molecular flexibility index (Phi) is 6.81. The number of benzene rings is 1. The van der Waals surface area contributed by atoms with Gasteiger partial charge in [-0.1, -0.05) is 30.3 Å². The molecular weight excluding hydrogens is 338 g/mol. The summed E-state index contributed by atoms with van der Waals surface area (Å²) in [5.74, 6) is 2.90. The van der Waals surface area contributed by atoms with Crippen LogP contribution >= 0.6 is 0 Å². The second-order valence-electron chi connectivity index (χ2n) is 7.18. The van der Waals surface area contributed by atoms with Crippen LogP contribution in [-0.4, -0.2) is 52.3 Å². The Balaban J connectivity index is 1.38. The molecule has 0 fully saturated rings. The Labute approximate surface area is 161 Å². The van der Waals surface area contributed by atoms with E-state index in [1.54, 1.807) is 7.05 Å². The van der Waals surface area contributed by atoms with E-state index in [1.165, 1.54) is 12.0 Å². The van der Waals surface area contributed by atoms with Crippen molar-refractivity contribution in [3.05, 3.63) is 47.5 Å². The summed E-state index contributed by atoms with van der Waals surface area (Å²) in [5.41, 5.74) is 1.35. The van der Waals surface area contributed by atoms with Crippen molar-refractivity contribution in [1.82, 2.24) is 30.3 Å². The van der Waals surface area contributed by atoms with Gasteiger partial charge in [0.2, 0.25) is 0 Å². The normalized spacial score (nSPS) is 15.0. The molecule has 2 N–H and O–H groups in total. The van der Waals surface area contributed by atoms with Crippen molar-refractivity contribution in [1.29, 1.82) is 0 Å². The summed E-state index contributed by atoms with van der Waals surface area (Å²) in [6, 6.07) is 11.1. The molecule has 3 rings (SSSR count). The maximum atomic E-state index is 4.31. The molecule has 0 saturated carbocycles. The molecule has 2 aromatic rings. The maximum absolute atomic E-state index is 4.31. The summed E-state index contributed by atoms with van der Waals surface area (Å²) in [4.78, 5) is 6.70. The van der Waals surface area contributed by atoms with Crippen LogP contribution in [0.4, 0.5) is 0 Å². The summed E-state index contributed by atoms with van der Waals surface area (Å²) in [6.07, 6.45) is 3.25. The van der Waals surface area contributed by atoms with E-state index in [2.05, 4.69) is 79.6 Å². The highest BCUT2D eigenvalue weighted by Crippen LogP contribution is 2.13. The Bertz CT molecular complexity index is 738. The zero-order valence-corrected chi connectivity index (χ0v) is 16.6. The van der Waals surface area contributed by atoms with Gasteiger partial charge < -0.3 is 15.2 Å². The monoisotopic (exact) mass is 369 g/mol. The number of hydrogen-bond donors (Lipinski definition) is 2. The zero-order valence-electron chi connectivity index (χ0n) is 16.6. The van der Waals surface area contributed by atoms with Gasteiger partial charge in [0.15, 0.2) is 11.8 Å². The molecule has 1 atom stereocenters. The molecule has 146 valence electrons. The summed E-state index contributed by atoms with van der Waals surface area (Å²) < 4.78 is 2.21. The predicted octanol–water partition coefficient (Wildman–Crippen LogP) is 1.80. The average molecular weight is 370 g/mol. The minimum atomic E-state index is 0.482. The topological polar surface area (TPSA) is 70.4 Å². The van der Waals surface area contributed by atoms with Crippen LogP contribution in [-0.2, 0) is 26.1 Å². The average Bonchev–Trinajstić information content (AvgIpc) is 3.29. The number of fused-ring (bicyclic) bond motifs is 1. The number of aromatic nitrogens is 3. The van der Waals surface area contributed by atoms with E-state index in [1.807, 2.05) is 0 Å². The first-order chi connectivity index (χ1) is 13.2. The molecule has 0 amide bonds. The van der Waals surface area contributed by atoms with Crippen LogP contribution in [0.15, 0.2) is 35.3 Å². The SMILES string of the molecule is CN=C(NCCC(C)N(C)Cc1ccccc1)NCc1nnc2n1CCC2. The second-order valence-corrected chi connectivity index (χ2v) is 7.18. The van der Waals surface area contributed by atoms with Gasteiger partial charge in [-0.25, -0.2) is 0 Å². The van der Waals surface area contributed by atoms with E-state index in [0.29, 0.717) is 12.6 Å². The van der Waals surface area contributed by atoms with Crippen molar-refractivity contribution in [2.24, 2.45) is 4.99 Å².